The Morgan fingerprint density at radius 1 is 1.29 bits per heavy atom. The number of hydrogen-bond donors (Lipinski definition) is 1. The maximum Gasteiger partial charge on any atom is 0.340 e. The molecule has 1 aromatic carbocycles. The third-order valence-corrected chi connectivity index (χ3v) is 1.87. The van der Waals surface area contributed by atoms with Gasteiger partial charge in [0.15, 0.2) is 0 Å². The molecule has 0 aliphatic rings. The number of hydrogen-bond acceptors (Lipinski definition) is 3. The van der Waals surface area contributed by atoms with Crippen molar-refractivity contribution < 1.29 is 19.2 Å². The van der Waals surface area contributed by atoms with E-state index in [-0.39, 0.29) is 6.42 Å². The molecular formula is C9H9O4P. The third-order valence-electron chi connectivity index (χ3n) is 1.65. The zero-order chi connectivity index (χ0) is 10.6. The zero-order valence-electron chi connectivity index (χ0n) is 7.27. The summed E-state index contributed by atoms with van der Waals surface area (Å²) in [5, 5.41) is 8.50. The van der Waals surface area contributed by atoms with Crippen LogP contribution in [-0.2, 0) is 15.7 Å². The van der Waals surface area contributed by atoms with Gasteiger partial charge in [0.2, 0.25) is 0 Å². The minimum Gasteiger partial charge on any atom is -0.481 e. The number of rotatable bonds is 3. The zero-order valence-corrected chi connectivity index (χ0v) is 8.42. The summed E-state index contributed by atoms with van der Waals surface area (Å²) in [6.07, 6.45) is -0.0454. The van der Waals surface area contributed by atoms with Crippen molar-refractivity contribution in [2.24, 2.45) is 0 Å². The molecule has 1 atom stereocenters. The van der Waals surface area contributed by atoms with Crippen molar-refractivity contribution in [3.63, 3.8) is 0 Å². The van der Waals surface area contributed by atoms with E-state index < -0.39 is 11.9 Å². The molecule has 0 bridgehead atoms. The molecular weight excluding hydrogens is 203 g/mol. The number of carboxylic acids is 1. The Balaban J connectivity index is 2.78. The molecule has 4 nitrogen and oxygen atoms in total. The molecule has 0 aliphatic heterocycles. The van der Waals surface area contributed by atoms with E-state index in [0.29, 0.717) is 11.1 Å². The van der Waals surface area contributed by atoms with Gasteiger partial charge in [-0.2, -0.15) is 0 Å². The van der Waals surface area contributed by atoms with Gasteiger partial charge in [-0.25, -0.2) is 4.79 Å². The van der Waals surface area contributed by atoms with Crippen LogP contribution in [0.5, 0.6) is 0 Å². The van der Waals surface area contributed by atoms with E-state index in [1.54, 1.807) is 12.1 Å². The number of carbonyl (C=O) groups is 2. The van der Waals surface area contributed by atoms with Gasteiger partial charge in [-0.3, -0.25) is 4.79 Å². The van der Waals surface area contributed by atoms with Crippen LogP contribution in [0.25, 0.3) is 0 Å². The summed E-state index contributed by atoms with van der Waals surface area (Å²) in [4.78, 5) is 21.3. The Hall–Kier alpha value is -1.41. The highest BCUT2D eigenvalue weighted by atomic mass is 31.0. The first-order chi connectivity index (χ1) is 6.63. The van der Waals surface area contributed by atoms with E-state index in [1.807, 2.05) is 9.47 Å². The molecule has 74 valence electrons. The molecule has 1 aromatic rings. The summed E-state index contributed by atoms with van der Waals surface area (Å²) in [7, 11) is 1.86. The summed E-state index contributed by atoms with van der Waals surface area (Å²) in [5.74, 6) is -1.36. The second kappa shape index (κ2) is 4.72. The fourth-order valence-electron chi connectivity index (χ4n) is 1.00. The Bertz CT molecular complexity index is 344. The second-order valence-electron chi connectivity index (χ2n) is 2.67. The van der Waals surface area contributed by atoms with Crippen LogP contribution in [0, 0.1) is 0 Å². The molecule has 1 unspecified atom stereocenters. The van der Waals surface area contributed by atoms with E-state index in [2.05, 4.69) is 4.52 Å². The van der Waals surface area contributed by atoms with Gasteiger partial charge < -0.3 is 9.63 Å². The van der Waals surface area contributed by atoms with Gasteiger partial charge in [-0.1, -0.05) is 12.1 Å². The third kappa shape index (κ3) is 2.82. The molecule has 0 aromatic heterocycles. The topological polar surface area (TPSA) is 63.6 Å². The summed E-state index contributed by atoms with van der Waals surface area (Å²) < 4.78 is 4.42. The van der Waals surface area contributed by atoms with Crippen LogP contribution < -0.4 is 0 Å². The number of benzene rings is 1. The summed E-state index contributed by atoms with van der Waals surface area (Å²) >= 11 is 0. The van der Waals surface area contributed by atoms with Crippen molar-refractivity contribution in [1.29, 1.82) is 0 Å². The van der Waals surface area contributed by atoms with Crippen LogP contribution in [0.2, 0.25) is 0 Å². The van der Waals surface area contributed by atoms with Gasteiger partial charge in [0.25, 0.3) is 0 Å². The molecule has 0 heterocycles. The van der Waals surface area contributed by atoms with Crippen molar-refractivity contribution in [2.75, 3.05) is 0 Å². The predicted octanol–water partition coefficient (Wildman–Crippen LogP) is 1.26. The molecule has 0 aliphatic carbocycles. The molecule has 0 amide bonds. The highest BCUT2D eigenvalue weighted by Gasteiger charge is 2.05. The van der Waals surface area contributed by atoms with Crippen molar-refractivity contribution in [3.8, 4) is 0 Å². The van der Waals surface area contributed by atoms with Gasteiger partial charge in [-0.15, -0.1) is 0 Å². The lowest BCUT2D eigenvalue weighted by Gasteiger charge is -2.00. The quantitative estimate of drug-likeness (QED) is 0.766. The molecule has 0 saturated heterocycles. The first kappa shape index (κ1) is 10.7. The molecule has 1 rings (SSSR count). The molecule has 14 heavy (non-hydrogen) atoms. The molecule has 5 heteroatoms. The smallest absolute Gasteiger partial charge is 0.340 e. The van der Waals surface area contributed by atoms with Crippen LogP contribution >= 0.6 is 9.47 Å². The number of carbonyl (C=O) groups excluding carboxylic acids is 1. The van der Waals surface area contributed by atoms with Gasteiger partial charge in [0, 0.05) is 0 Å². The van der Waals surface area contributed by atoms with Gasteiger partial charge in [0.1, 0.15) is 0 Å². The molecule has 1 N–H and O–H groups in total. The molecule has 0 fully saturated rings. The van der Waals surface area contributed by atoms with Crippen LogP contribution in [0.15, 0.2) is 24.3 Å². The van der Waals surface area contributed by atoms with Crippen LogP contribution in [-0.4, -0.2) is 17.0 Å². The van der Waals surface area contributed by atoms with Crippen LogP contribution in [0.3, 0.4) is 0 Å². The van der Waals surface area contributed by atoms with Gasteiger partial charge >= 0.3 is 11.9 Å². The minimum atomic E-state index is -0.897. The first-order valence-corrected chi connectivity index (χ1v) is 4.32. The van der Waals surface area contributed by atoms with Crippen molar-refractivity contribution >= 4 is 21.4 Å². The van der Waals surface area contributed by atoms with E-state index in [0.717, 1.165) is 0 Å². The van der Waals surface area contributed by atoms with Crippen molar-refractivity contribution in [1.82, 2.24) is 0 Å². The Kier molecular flexibility index (Phi) is 3.60. The summed E-state index contributed by atoms with van der Waals surface area (Å²) in [6, 6.07) is 6.24. The maximum absolute atomic E-state index is 11.0. The summed E-state index contributed by atoms with van der Waals surface area (Å²) in [5.41, 5.74) is 1.05. The minimum absolute atomic E-state index is 0.0454. The van der Waals surface area contributed by atoms with Crippen molar-refractivity contribution in [3.05, 3.63) is 35.4 Å². The van der Waals surface area contributed by atoms with Crippen LogP contribution in [0.4, 0.5) is 0 Å². The fraction of sp³-hybridized carbons (Fsp3) is 0.111. The average molecular weight is 212 g/mol. The Morgan fingerprint density at radius 2 is 1.86 bits per heavy atom. The SMILES string of the molecule is O=C(O)Cc1ccc(C(=O)OP)cc1. The monoisotopic (exact) mass is 212 g/mol. The second-order valence-corrected chi connectivity index (χ2v) is 2.91. The van der Waals surface area contributed by atoms with Gasteiger partial charge in [-0.05, 0) is 17.7 Å². The van der Waals surface area contributed by atoms with E-state index in [9.17, 15) is 9.59 Å². The predicted molar refractivity (Wildman–Crippen MR) is 52.9 cm³/mol. The standard InChI is InChI=1S/C9H9O4P/c10-8(11)5-6-1-3-7(4-2-6)9(12)13-14/h1-4H,5,14H2,(H,10,11). The number of aliphatic carboxylic acids is 1. The highest BCUT2D eigenvalue weighted by molar-refractivity contribution is 7.10. The Morgan fingerprint density at radius 3 is 2.29 bits per heavy atom. The maximum atomic E-state index is 11.0. The fourth-order valence-corrected chi connectivity index (χ4v) is 1.14. The van der Waals surface area contributed by atoms with E-state index in [1.165, 1.54) is 12.1 Å². The van der Waals surface area contributed by atoms with Crippen molar-refractivity contribution in [2.45, 2.75) is 6.42 Å². The lowest BCUT2D eigenvalue weighted by atomic mass is 10.1. The molecule has 0 saturated carbocycles. The van der Waals surface area contributed by atoms with E-state index in [4.69, 9.17) is 5.11 Å². The normalized spacial score (nSPS) is 9.50. The highest BCUT2D eigenvalue weighted by Crippen LogP contribution is 2.07. The van der Waals surface area contributed by atoms with Crippen LogP contribution in [0.1, 0.15) is 15.9 Å². The Labute approximate surface area is 83.2 Å². The lowest BCUT2D eigenvalue weighted by Crippen LogP contribution is -2.01. The lowest BCUT2D eigenvalue weighted by molar-refractivity contribution is -0.136. The first-order valence-electron chi connectivity index (χ1n) is 3.85. The molecule has 0 spiro atoms. The number of carboxylic acid groups (broad SMARTS) is 1. The largest absolute Gasteiger partial charge is 0.481 e. The van der Waals surface area contributed by atoms with Gasteiger partial charge in [0.05, 0.1) is 21.5 Å². The average Bonchev–Trinajstić information content (AvgIpc) is 2.17. The van der Waals surface area contributed by atoms with E-state index >= 15 is 0 Å². The summed E-state index contributed by atoms with van der Waals surface area (Å²) in [6.45, 7) is 0. The molecule has 0 radical (unpaired) electrons.